The van der Waals surface area contributed by atoms with Crippen LogP contribution in [0.4, 0.5) is 14.5 Å². The molecule has 1 aromatic carbocycles. The van der Waals surface area contributed by atoms with E-state index in [4.69, 9.17) is 5.11 Å². The fourth-order valence-corrected chi connectivity index (χ4v) is 1.89. The first-order chi connectivity index (χ1) is 9.45. The van der Waals surface area contributed by atoms with Crippen LogP contribution in [0.1, 0.15) is 12.8 Å². The first kappa shape index (κ1) is 14.4. The number of nitrogens with zero attached hydrogens (tertiary/aromatic N) is 1. The second kappa shape index (κ2) is 5.96. The van der Waals surface area contributed by atoms with Crippen molar-refractivity contribution in [3.05, 3.63) is 29.8 Å². The van der Waals surface area contributed by atoms with E-state index in [9.17, 15) is 18.4 Å². The van der Waals surface area contributed by atoms with Gasteiger partial charge in [0.2, 0.25) is 5.91 Å². The van der Waals surface area contributed by atoms with Crippen molar-refractivity contribution < 1.29 is 23.5 Å². The number of carboxylic acid groups (broad SMARTS) is 1. The monoisotopic (exact) mass is 284 g/mol. The molecular formula is C13H14F2N2O3. The van der Waals surface area contributed by atoms with Crippen LogP contribution >= 0.6 is 0 Å². The molecule has 0 atom stereocenters. The zero-order chi connectivity index (χ0) is 14.7. The number of carboxylic acids is 1. The van der Waals surface area contributed by atoms with Gasteiger partial charge in [0, 0.05) is 17.8 Å². The summed E-state index contributed by atoms with van der Waals surface area (Å²) in [5.74, 6) is -3.50. The Morgan fingerprint density at radius 2 is 1.95 bits per heavy atom. The van der Waals surface area contributed by atoms with E-state index < -0.39 is 23.5 Å². The van der Waals surface area contributed by atoms with Crippen molar-refractivity contribution in [2.24, 2.45) is 0 Å². The Morgan fingerprint density at radius 3 is 2.50 bits per heavy atom. The van der Waals surface area contributed by atoms with E-state index in [0.717, 1.165) is 25.0 Å². The van der Waals surface area contributed by atoms with Gasteiger partial charge in [0.1, 0.15) is 0 Å². The maximum atomic E-state index is 13.0. The van der Waals surface area contributed by atoms with Crippen LogP contribution in [-0.4, -0.2) is 41.0 Å². The number of anilines is 1. The van der Waals surface area contributed by atoms with Crippen molar-refractivity contribution >= 4 is 17.6 Å². The molecule has 2 rings (SSSR count). The maximum Gasteiger partial charge on any atom is 0.317 e. The summed E-state index contributed by atoms with van der Waals surface area (Å²) in [6, 6.07) is 3.16. The molecule has 1 aliphatic rings. The average molecular weight is 284 g/mol. The molecule has 7 heteroatoms. The molecule has 108 valence electrons. The molecule has 20 heavy (non-hydrogen) atoms. The fraction of sp³-hybridized carbons (Fsp3) is 0.385. The van der Waals surface area contributed by atoms with E-state index in [1.807, 2.05) is 0 Å². The van der Waals surface area contributed by atoms with Crippen molar-refractivity contribution in [1.82, 2.24) is 4.90 Å². The lowest BCUT2D eigenvalue weighted by molar-refractivity contribution is -0.138. The summed E-state index contributed by atoms with van der Waals surface area (Å²) in [6.45, 7) is -0.300. The summed E-state index contributed by atoms with van der Waals surface area (Å²) in [7, 11) is 0. The lowest BCUT2D eigenvalue weighted by atomic mass is 10.3. The number of rotatable bonds is 6. The molecule has 0 aromatic heterocycles. The maximum absolute atomic E-state index is 13.0. The number of halogens is 2. The lowest BCUT2D eigenvalue weighted by Crippen LogP contribution is -2.38. The number of hydrogen-bond donors (Lipinski definition) is 2. The van der Waals surface area contributed by atoms with Gasteiger partial charge in [-0.05, 0) is 25.0 Å². The Morgan fingerprint density at radius 1 is 1.25 bits per heavy atom. The minimum Gasteiger partial charge on any atom is -0.480 e. The van der Waals surface area contributed by atoms with E-state index in [0.29, 0.717) is 0 Å². The quantitative estimate of drug-likeness (QED) is 0.829. The van der Waals surface area contributed by atoms with Gasteiger partial charge in [0.25, 0.3) is 0 Å². The van der Waals surface area contributed by atoms with Gasteiger partial charge in [-0.3, -0.25) is 14.5 Å². The molecule has 0 aliphatic heterocycles. The SMILES string of the molecule is O=C(O)CN(CC(=O)Nc1ccc(F)c(F)c1)C1CC1. The molecule has 1 amide bonds. The van der Waals surface area contributed by atoms with Crippen molar-refractivity contribution in [2.45, 2.75) is 18.9 Å². The number of nitrogens with one attached hydrogen (secondary N) is 1. The number of benzene rings is 1. The number of carbonyl (C=O) groups is 2. The second-order valence-corrected chi connectivity index (χ2v) is 4.71. The van der Waals surface area contributed by atoms with Crippen LogP contribution in [0.25, 0.3) is 0 Å². The smallest absolute Gasteiger partial charge is 0.317 e. The van der Waals surface area contributed by atoms with Gasteiger partial charge < -0.3 is 10.4 Å². The summed E-state index contributed by atoms with van der Waals surface area (Å²) in [5.41, 5.74) is 0.139. The second-order valence-electron chi connectivity index (χ2n) is 4.71. The highest BCUT2D eigenvalue weighted by molar-refractivity contribution is 5.92. The number of aliphatic carboxylic acids is 1. The van der Waals surface area contributed by atoms with E-state index >= 15 is 0 Å². The van der Waals surface area contributed by atoms with Crippen LogP contribution in [0, 0.1) is 11.6 Å². The molecule has 0 saturated heterocycles. The standard InChI is InChI=1S/C13H14F2N2O3/c14-10-4-1-8(5-11(10)15)16-12(18)6-17(7-13(19)20)9-2-3-9/h1,4-5,9H,2-3,6-7H2,(H,16,18)(H,19,20). The highest BCUT2D eigenvalue weighted by atomic mass is 19.2. The first-order valence-electron chi connectivity index (χ1n) is 6.16. The van der Waals surface area contributed by atoms with Crippen LogP contribution in [0.15, 0.2) is 18.2 Å². The van der Waals surface area contributed by atoms with Crippen molar-refractivity contribution in [3.8, 4) is 0 Å². The molecule has 1 aliphatic carbocycles. The van der Waals surface area contributed by atoms with E-state index in [-0.39, 0.29) is 24.8 Å². The third-order valence-electron chi connectivity index (χ3n) is 2.95. The molecular weight excluding hydrogens is 270 g/mol. The Hall–Kier alpha value is -2.02. The third-order valence-corrected chi connectivity index (χ3v) is 2.95. The van der Waals surface area contributed by atoms with Crippen molar-refractivity contribution in [3.63, 3.8) is 0 Å². The third kappa shape index (κ3) is 3.99. The number of hydrogen-bond acceptors (Lipinski definition) is 3. The van der Waals surface area contributed by atoms with Crippen molar-refractivity contribution in [2.75, 3.05) is 18.4 Å². The molecule has 0 unspecified atom stereocenters. The predicted molar refractivity (Wildman–Crippen MR) is 67.2 cm³/mol. The summed E-state index contributed by atoms with van der Waals surface area (Å²) in [5, 5.41) is 11.2. The molecule has 2 N–H and O–H groups in total. The molecule has 5 nitrogen and oxygen atoms in total. The molecule has 0 heterocycles. The van der Waals surface area contributed by atoms with E-state index in [1.165, 1.54) is 6.07 Å². The van der Waals surface area contributed by atoms with Crippen LogP contribution < -0.4 is 5.32 Å². The summed E-state index contributed by atoms with van der Waals surface area (Å²) >= 11 is 0. The lowest BCUT2D eigenvalue weighted by Gasteiger charge is -2.18. The van der Waals surface area contributed by atoms with Gasteiger partial charge >= 0.3 is 5.97 Å². The normalized spacial score (nSPS) is 14.3. The Bertz CT molecular complexity index is 532. The summed E-state index contributed by atoms with van der Waals surface area (Å²) in [6.07, 6.45) is 1.73. The molecule has 0 spiro atoms. The Balaban J connectivity index is 1.93. The number of carbonyl (C=O) groups excluding carboxylic acids is 1. The molecule has 1 aromatic rings. The van der Waals surface area contributed by atoms with Crippen LogP contribution in [0.2, 0.25) is 0 Å². The van der Waals surface area contributed by atoms with Gasteiger partial charge in [0.15, 0.2) is 11.6 Å². The zero-order valence-electron chi connectivity index (χ0n) is 10.6. The molecule has 0 bridgehead atoms. The van der Waals surface area contributed by atoms with E-state index in [2.05, 4.69) is 5.32 Å². The first-order valence-corrected chi connectivity index (χ1v) is 6.16. The highest BCUT2D eigenvalue weighted by Crippen LogP contribution is 2.26. The Kier molecular flexibility index (Phi) is 4.29. The van der Waals surface area contributed by atoms with Gasteiger partial charge in [-0.1, -0.05) is 0 Å². The van der Waals surface area contributed by atoms with Gasteiger partial charge in [0.05, 0.1) is 13.1 Å². The minimum absolute atomic E-state index is 0.0873. The van der Waals surface area contributed by atoms with Gasteiger partial charge in [-0.15, -0.1) is 0 Å². The largest absolute Gasteiger partial charge is 0.480 e. The fourth-order valence-electron chi connectivity index (χ4n) is 1.89. The summed E-state index contributed by atoms with van der Waals surface area (Å²) in [4.78, 5) is 24.0. The van der Waals surface area contributed by atoms with Gasteiger partial charge in [-0.2, -0.15) is 0 Å². The van der Waals surface area contributed by atoms with Crippen LogP contribution in [0.3, 0.4) is 0 Å². The topological polar surface area (TPSA) is 69.6 Å². The summed E-state index contributed by atoms with van der Waals surface area (Å²) < 4.78 is 25.7. The number of amides is 1. The van der Waals surface area contributed by atoms with Crippen LogP contribution in [0.5, 0.6) is 0 Å². The molecule has 1 saturated carbocycles. The Labute approximate surface area is 114 Å². The van der Waals surface area contributed by atoms with E-state index in [1.54, 1.807) is 4.90 Å². The highest BCUT2D eigenvalue weighted by Gasteiger charge is 2.31. The molecule has 1 fully saturated rings. The van der Waals surface area contributed by atoms with Crippen LogP contribution in [-0.2, 0) is 9.59 Å². The average Bonchev–Trinajstić information content (AvgIpc) is 3.16. The zero-order valence-corrected chi connectivity index (χ0v) is 10.6. The molecule has 0 radical (unpaired) electrons. The van der Waals surface area contributed by atoms with Crippen molar-refractivity contribution in [1.29, 1.82) is 0 Å². The minimum atomic E-state index is -1.05. The predicted octanol–water partition coefficient (Wildman–Crippen LogP) is 1.45. The van der Waals surface area contributed by atoms with Gasteiger partial charge in [-0.25, -0.2) is 8.78 Å².